The molecule has 0 aromatic heterocycles. The van der Waals surface area contributed by atoms with E-state index < -0.39 is 10.5 Å². The van der Waals surface area contributed by atoms with E-state index in [1.54, 1.807) is 6.92 Å². The van der Waals surface area contributed by atoms with Crippen molar-refractivity contribution in [2.75, 3.05) is 13.2 Å². The average molecular weight is 298 g/mol. The molecule has 0 radical (unpaired) electrons. The number of nitro benzene ring substituents is 1. The maximum atomic E-state index is 10.9. The van der Waals surface area contributed by atoms with Crippen LogP contribution in [0.5, 0.6) is 5.75 Å². The largest absolute Gasteiger partial charge is 0.487 e. The summed E-state index contributed by atoms with van der Waals surface area (Å²) in [5.74, 6) is 0.110. The molecule has 1 rings (SSSR count). The smallest absolute Gasteiger partial charge is 0.311 e. The molecule has 0 saturated carbocycles. The Balaban J connectivity index is 2.73. The number of rotatable bonds is 7. The molecule has 108 valence electrons. The van der Waals surface area contributed by atoms with Crippen molar-refractivity contribution in [1.82, 2.24) is 5.32 Å². The Bertz CT molecular complexity index is 530. The molecule has 7 heteroatoms. The Kier molecular flexibility index (Phi) is 5.74. The predicted molar refractivity (Wildman–Crippen MR) is 75.9 cm³/mol. The Morgan fingerprint density at radius 1 is 1.60 bits per heavy atom. The number of nitriles is 1. The minimum absolute atomic E-state index is 0.110. The van der Waals surface area contributed by atoms with Crippen LogP contribution < -0.4 is 10.1 Å². The fraction of sp³-hybridized carbons (Fsp3) is 0.462. The first-order valence-corrected chi connectivity index (χ1v) is 6.52. The topological polar surface area (TPSA) is 88.2 Å². The van der Waals surface area contributed by atoms with E-state index in [2.05, 4.69) is 11.4 Å². The highest BCUT2D eigenvalue weighted by Gasteiger charge is 2.23. The van der Waals surface area contributed by atoms with Gasteiger partial charge in [0.05, 0.1) is 17.6 Å². The van der Waals surface area contributed by atoms with E-state index in [1.807, 2.05) is 6.92 Å². The summed E-state index contributed by atoms with van der Waals surface area (Å²) in [5.41, 5.74) is -0.862. The summed E-state index contributed by atoms with van der Waals surface area (Å²) in [5, 5.41) is 23.4. The van der Waals surface area contributed by atoms with Crippen LogP contribution in [0.15, 0.2) is 18.2 Å². The van der Waals surface area contributed by atoms with Gasteiger partial charge in [0, 0.05) is 23.6 Å². The predicted octanol–water partition coefficient (Wildman–Crippen LogP) is 2.91. The van der Waals surface area contributed by atoms with Gasteiger partial charge in [0.2, 0.25) is 0 Å². The Morgan fingerprint density at radius 2 is 2.30 bits per heavy atom. The molecular weight excluding hydrogens is 282 g/mol. The van der Waals surface area contributed by atoms with Crippen molar-refractivity contribution in [1.29, 1.82) is 5.26 Å². The van der Waals surface area contributed by atoms with Crippen molar-refractivity contribution in [3.63, 3.8) is 0 Å². The number of ether oxygens (including phenoxy) is 1. The summed E-state index contributed by atoms with van der Waals surface area (Å²) >= 11 is 5.80. The van der Waals surface area contributed by atoms with Gasteiger partial charge < -0.3 is 4.74 Å². The molecule has 20 heavy (non-hydrogen) atoms. The Hall–Kier alpha value is -1.84. The first-order valence-electron chi connectivity index (χ1n) is 6.15. The van der Waals surface area contributed by atoms with Gasteiger partial charge in [-0.2, -0.15) is 5.26 Å². The summed E-state index contributed by atoms with van der Waals surface area (Å²) in [6.07, 6.45) is 0.404. The fourth-order valence-corrected chi connectivity index (χ4v) is 1.86. The van der Waals surface area contributed by atoms with Gasteiger partial charge in [0.1, 0.15) is 5.54 Å². The Morgan fingerprint density at radius 3 is 2.85 bits per heavy atom. The van der Waals surface area contributed by atoms with Gasteiger partial charge in [-0.3, -0.25) is 15.4 Å². The van der Waals surface area contributed by atoms with Crippen molar-refractivity contribution in [2.24, 2.45) is 0 Å². The molecule has 6 nitrogen and oxygen atoms in total. The lowest BCUT2D eigenvalue weighted by atomic mass is 10.0. The minimum Gasteiger partial charge on any atom is -0.487 e. The second-order valence-electron chi connectivity index (χ2n) is 4.44. The summed E-state index contributed by atoms with van der Waals surface area (Å²) in [4.78, 5) is 10.3. The van der Waals surface area contributed by atoms with Crippen LogP contribution in [-0.2, 0) is 0 Å². The molecule has 1 aromatic rings. The summed E-state index contributed by atoms with van der Waals surface area (Å²) < 4.78 is 5.41. The third kappa shape index (κ3) is 4.37. The van der Waals surface area contributed by atoms with E-state index in [0.717, 1.165) is 0 Å². The van der Waals surface area contributed by atoms with Crippen LogP contribution >= 0.6 is 11.6 Å². The standard InChI is InChI=1S/C13H16ClN3O3/c1-3-16-13(2,9-15)6-7-20-12-8-10(14)4-5-11(12)17(18)19/h4-5,8,16H,3,6-7H2,1-2H3. The van der Waals surface area contributed by atoms with Gasteiger partial charge >= 0.3 is 5.69 Å². The monoisotopic (exact) mass is 297 g/mol. The second kappa shape index (κ2) is 7.08. The van der Waals surface area contributed by atoms with Crippen molar-refractivity contribution in [2.45, 2.75) is 25.8 Å². The molecule has 0 aliphatic heterocycles. The van der Waals surface area contributed by atoms with Crippen LogP contribution in [0.4, 0.5) is 5.69 Å². The van der Waals surface area contributed by atoms with Crippen molar-refractivity contribution < 1.29 is 9.66 Å². The quantitative estimate of drug-likeness (QED) is 0.617. The highest BCUT2D eigenvalue weighted by atomic mass is 35.5. The normalized spacial score (nSPS) is 13.3. The molecule has 0 fully saturated rings. The number of hydrogen-bond donors (Lipinski definition) is 1. The average Bonchev–Trinajstić information content (AvgIpc) is 2.38. The highest BCUT2D eigenvalue weighted by molar-refractivity contribution is 6.30. The number of nitrogens with zero attached hydrogens (tertiary/aromatic N) is 2. The first-order chi connectivity index (χ1) is 9.41. The van der Waals surface area contributed by atoms with Gasteiger partial charge in [-0.05, 0) is 19.5 Å². The van der Waals surface area contributed by atoms with E-state index in [1.165, 1.54) is 18.2 Å². The lowest BCUT2D eigenvalue weighted by Crippen LogP contribution is -2.42. The van der Waals surface area contributed by atoms with E-state index in [-0.39, 0.29) is 18.0 Å². The molecule has 0 bridgehead atoms. The lowest BCUT2D eigenvalue weighted by molar-refractivity contribution is -0.385. The maximum absolute atomic E-state index is 10.9. The van der Waals surface area contributed by atoms with E-state index >= 15 is 0 Å². The van der Waals surface area contributed by atoms with Gasteiger partial charge in [-0.1, -0.05) is 18.5 Å². The van der Waals surface area contributed by atoms with Crippen LogP contribution in [0, 0.1) is 21.4 Å². The third-order valence-corrected chi connectivity index (χ3v) is 3.03. The second-order valence-corrected chi connectivity index (χ2v) is 4.88. The highest BCUT2D eigenvalue weighted by Crippen LogP contribution is 2.30. The minimum atomic E-state index is -0.720. The molecule has 0 saturated heterocycles. The van der Waals surface area contributed by atoms with Gasteiger partial charge in [-0.15, -0.1) is 0 Å². The SMILES string of the molecule is CCNC(C)(C#N)CCOc1cc(Cl)ccc1[N+](=O)[O-]. The van der Waals surface area contributed by atoms with Crippen LogP contribution in [0.3, 0.4) is 0 Å². The van der Waals surface area contributed by atoms with Crippen molar-refractivity contribution in [3.05, 3.63) is 33.3 Å². The van der Waals surface area contributed by atoms with Gasteiger partial charge in [0.25, 0.3) is 0 Å². The molecule has 1 N–H and O–H groups in total. The molecule has 0 aliphatic carbocycles. The molecule has 0 amide bonds. The van der Waals surface area contributed by atoms with Gasteiger partial charge in [0.15, 0.2) is 5.75 Å². The van der Waals surface area contributed by atoms with Crippen LogP contribution in [0.25, 0.3) is 0 Å². The summed E-state index contributed by atoms with van der Waals surface area (Å²) in [6.45, 7) is 4.49. The van der Waals surface area contributed by atoms with E-state index in [4.69, 9.17) is 21.6 Å². The van der Waals surface area contributed by atoms with Crippen LogP contribution in [-0.4, -0.2) is 23.6 Å². The number of hydrogen-bond acceptors (Lipinski definition) is 5. The molecule has 1 aromatic carbocycles. The zero-order valence-electron chi connectivity index (χ0n) is 11.4. The van der Waals surface area contributed by atoms with Crippen LogP contribution in [0.1, 0.15) is 20.3 Å². The molecule has 0 aliphatic rings. The zero-order chi connectivity index (χ0) is 15.2. The molecular formula is C13H16ClN3O3. The first kappa shape index (κ1) is 16.2. The van der Waals surface area contributed by atoms with Crippen molar-refractivity contribution >= 4 is 17.3 Å². The van der Waals surface area contributed by atoms with E-state index in [9.17, 15) is 10.1 Å². The zero-order valence-corrected chi connectivity index (χ0v) is 12.1. The van der Waals surface area contributed by atoms with E-state index in [0.29, 0.717) is 18.0 Å². The maximum Gasteiger partial charge on any atom is 0.311 e. The third-order valence-electron chi connectivity index (χ3n) is 2.79. The van der Waals surface area contributed by atoms with Crippen molar-refractivity contribution in [3.8, 4) is 11.8 Å². The fourth-order valence-electron chi connectivity index (χ4n) is 1.69. The molecule has 1 unspecified atom stereocenters. The lowest BCUT2D eigenvalue weighted by Gasteiger charge is -2.22. The summed E-state index contributed by atoms with van der Waals surface area (Å²) in [7, 11) is 0. The summed E-state index contributed by atoms with van der Waals surface area (Å²) in [6, 6.07) is 6.29. The number of benzene rings is 1. The van der Waals surface area contributed by atoms with Gasteiger partial charge in [-0.25, -0.2) is 0 Å². The number of halogens is 1. The number of nitrogens with one attached hydrogen (secondary N) is 1. The van der Waals surface area contributed by atoms with Crippen LogP contribution in [0.2, 0.25) is 5.02 Å². The number of nitro groups is 1. The molecule has 0 spiro atoms. The molecule has 0 heterocycles. The Labute approximate surface area is 122 Å². The molecule has 1 atom stereocenters.